The summed E-state index contributed by atoms with van der Waals surface area (Å²) in [6, 6.07) is 6.40. The lowest BCUT2D eigenvalue weighted by Crippen LogP contribution is -2.16. The van der Waals surface area contributed by atoms with Crippen LogP contribution in [0.4, 0.5) is 0 Å². The summed E-state index contributed by atoms with van der Waals surface area (Å²) in [6.07, 6.45) is 0.247. The average Bonchev–Trinajstić information content (AvgIpc) is 2.35. The third-order valence-electron chi connectivity index (χ3n) is 2.08. The Kier molecular flexibility index (Phi) is 4.90. The Labute approximate surface area is 92.4 Å². The third kappa shape index (κ3) is 3.02. The van der Waals surface area contributed by atoms with Crippen LogP contribution < -0.4 is 11.0 Å². The summed E-state index contributed by atoms with van der Waals surface area (Å²) in [5.74, 6) is 0. The van der Waals surface area contributed by atoms with E-state index < -0.39 is 6.23 Å². The van der Waals surface area contributed by atoms with Crippen molar-refractivity contribution in [3.63, 3.8) is 0 Å². The van der Waals surface area contributed by atoms with Crippen molar-refractivity contribution in [3.8, 4) is 0 Å². The minimum Gasteiger partial charge on any atom is -0.392 e. The smallest absolute Gasteiger partial charge is 0.152 e. The highest BCUT2D eigenvalue weighted by atomic mass is 16.5. The van der Waals surface area contributed by atoms with Crippen LogP contribution in [0.25, 0.3) is 5.70 Å². The molecule has 1 aromatic carbocycles. The molecule has 0 aliphatic carbocycles. The lowest BCUT2D eigenvalue weighted by Gasteiger charge is -2.10. The zero-order chi connectivity index (χ0) is 12.0. The van der Waals surface area contributed by atoms with Crippen molar-refractivity contribution in [1.29, 1.82) is 0 Å². The number of aliphatic hydroxyl groups excluding tert-OH is 2. The van der Waals surface area contributed by atoms with Gasteiger partial charge in [0.05, 0.1) is 12.3 Å². The van der Waals surface area contributed by atoms with E-state index in [1.807, 2.05) is 5.48 Å². The molecule has 0 fully saturated rings. The number of hydrogen-bond donors (Lipinski definition) is 6. The van der Waals surface area contributed by atoms with Gasteiger partial charge >= 0.3 is 0 Å². The molecule has 6 nitrogen and oxygen atoms in total. The minimum atomic E-state index is -1.15. The standard InChI is InChI=1S/C10H14N2O4/c13-6-5-9(11-15)7-1-3-8(4-2-7)10(14)12-16/h1-5,10-16H,6H2/b9-5-. The second-order valence-electron chi connectivity index (χ2n) is 3.07. The van der Waals surface area contributed by atoms with Crippen LogP contribution in [0, 0.1) is 0 Å². The number of nitrogens with one attached hydrogen (secondary N) is 2. The van der Waals surface area contributed by atoms with Crippen LogP contribution in [-0.4, -0.2) is 27.2 Å². The van der Waals surface area contributed by atoms with E-state index >= 15 is 0 Å². The summed E-state index contributed by atoms with van der Waals surface area (Å²) >= 11 is 0. The molecule has 88 valence electrons. The summed E-state index contributed by atoms with van der Waals surface area (Å²) in [7, 11) is 0. The highest BCUT2D eigenvalue weighted by Crippen LogP contribution is 2.15. The molecular formula is C10H14N2O4. The fraction of sp³-hybridized carbons (Fsp3) is 0.200. The Bertz CT molecular complexity index is 350. The number of hydroxylamine groups is 2. The van der Waals surface area contributed by atoms with Gasteiger partial charge in [0, 0.05) is 0 Å². The number of rotatable bonds is 5. The van der Waals surface area contributed by atoms with Crippen molar-refractivity contribution < 1.29 is 20.6 Å². The molecular weight excluding hydrogens is 212 g/mol. The van der Waals surface area contributed by atoms with Crippen molar-refractivity contribution in [2.75, 3.05) is 6.61 Å². The topological polar surface area (TPSA) is 105 Å². The molecule has 0 bridgehead atoms. The maximum Gasteiger partial charge on any atom is 0.152 e. The fourth-order valence-corrected chi connectivity index (χ4v) is 1.24. The van der Waals surface area contributed by atoms with Crippen LogP contribution in [0.15, 0.2) is 30.3 Å². The van der Waals surface area contributed by atoms with Gasteiger partial charge in [-0.3, -0.25) is 10.7 Å². The van der Waals surface area contributed by atoms with Gasteiger partial charge in [-0.25, -0.2) is 0 Å². The van der Waals surface area contributed by atoms with Crippen LogP contribution in [0.5, 0.6) is 0 Å². The van der Waals surface area contributed by atoms with Crippen molar-refractivity contribution in [3.05, 3.63) is 41.5 Å². The summed E-state index contributed by atoms with van der Waals surface area (Å²) in [5, 5.41) is 35.2. The molecule has 0 amide bonds. The molecule has 1 aromatic rings. The molecule has 0 aliphatic heterocycles. The van der Waals surface area contributed by atoms with E-state index in [0.717, 1.165) is 0 Å². The highest BCUT2D eigenvalue weighted by Gasteiger charge is 2.05. The van der Waals surface area contributed by atoms with Gasteiger partial charge in [-0.15, -0.1) is 0 Å². The molecule has 0 aliphatic rings. The van der Waals surface area contributed by atoms with Gasteiger partial charge in [-0.2, -0.15) is 5.48 Å². The Hall–Kier alpha value is -1.44. The van der Waals surface area contributed by atoms with Gasteiger partial charge in [0.25, 0.3) is 0 Å². The van der Waals surface area contributed by atoms with Crippen LogP contribution in [0.2, 0.25) is 0 Å². The highest BCUT2D eigenvalue weighted by molar-refractivity contribution is 5.63. The molecule has 16 heavy (non-hydrogen) atoms. The molecule has 1 unspecified atom stereocenters. The van der Waals surface area contributed by atoms with Crippen LogP contribution >= 0.6 is 0 Å². The molecule has 0 heterocycles. The molecule has 6 heteroatoms. The van der Waals surface area contributed by atoms with E-state index in [-0.39, 0.29) is 6.61 Å². The summed E-state index contributed by atoms with van der Waals surface area (Å²) in [6.45, 7) is -0.203. The van der Waals surface area contributed by atoms with E-state index in [1.165, 1.54) is 6.08 Å². The first-order valence-electron chi connectivity index (χ1n) is 4.62. The van der Waals surface area contributed by atoms with Crippen molar-refractivity contribution in [2.24, 2.45) is 0 Å². The van der Waals surface area contributed by atoms with Crippen molar-refractivity contribution in [2.45, 2.75) is 6.23 Å². The first kappa shape index (κ1) is 12.6. The van der Waals surface area contributed by atoms with E-state index in [2.05, 4.69) is 0 Å². The normalized spacial score (nSPS) is 13.6. The van der Waals surface area contributed by atoms with Gasteiger partial charge in [0.1, 0.15) is 0 Å². The lowest BCUT2D eigenvalue weighted by atomic mass is 10.1. The largest absolute Gasteiger partial charge is 0.392 e. The molecule has 6 N–H and O–H groups in total. The number of benzene rings is 1. The maximum atomic E-state index is 9.24. The molecule has 0 saturated heterocycles. The first-order chi connectivity index (χ1) is 7.72. The predicted octanol–water partition coefficient (Wildman–Crippen LogP) is -0.0317. The Balaban J connectivity index is 2.89. The van der Waals surface area contributed by atoms with E-state index in [9.17, 15) is 5.11 Å². The monoisotopic (exact) mass is 226 g/mol. The second-order valence-corrected chi connectivity index (χ2v) is 3.07. The molecule has 0 spiro atoms. The molecule has 0 saturated carbocycles. The Morgan fingerprint density at radius 2 is 1.88 bits per heavy atom. The SMILES string of the molecule is OC/C=C(\NO)c1ccc(C(O)NO)cc1. The predicted molar refractivity (Wildman–Crippen MR) is 56.3 cm³/mol. The van der Waals surface area contributed by atoms with Gasteiger partial charge in [-0.1, -0.05) is 24.3 Å². The number of hydrogen-bond acceptors (Lipinski definition) is 6. The maximum absolute atomic E-state index is 9.24. The Morgan fingerprint density at radius 3 is 2.31 bits per heavy atom. The number of aliphatic hydroxyl groups is 2. The van der Waals surface area contributed by atoms with E-state index in [4.69, 9.17) is 15.5 Å². The minimum absolute atomic E-state index is 0.203. The van der Waals surface area contributed by atoms with Crippen LogP contribution in [0.1, 0.15) is 17.4 Å². The van der Waals surface area contributed by atoms with Gasteiger partial charge in [0.15, 0.2) is 6.23 Å². The fourth-order valence-electron chi connectivity index (χ4n) is 1.24. The van der Waals surface area contributed by atoms with Crippen LogP contribution in [0.3, 0.4) is 0 Å². The van der Waals surface area contributed by atoms with Crippen molar-refractivity contribution >= 4 is 5.70 Å². The summed E-state index contributed by atoms with van der Waals surface area (Å²) in [5.41, 5.74) is 5.15. The zero-order valence-electron chi connectivity index (χ0n) is 8.46. The zero-order valence-corrected chi connectivity index (χ0v) is 8.46. The van der Waals surface area contributed by atoms with E-state index in [1.54, 1.807) is 29.7 Å². The summed E-state index contributed by atoms with van der Waals surface area (Å²) < 4.78 is 0. The van der Waals surface area contributed by atoms with Gasteiger partial charge < -0.3 is 15.4 Å². The van der Waals surface area contributed by atoms with Crippen molar-refractivity contribution in [1.82, 2.24) is 11.0 Å². The van der Waals surface area contributed by atoms with Gasteiger partial charge in [-0.05, 0) is 17.2 Å². The van der Waals surface area contributed by atoms with Crippen LogP contribution in [-0.2, 0) is 0 Å². The quantitative estimate of drug-likeness (QED) is 0.311. The second kappa shape index (κ2) is 6.21. The lowest BCUT2D eigenvalue weighted by molar-refractivity contribution is 0.000698. The molecule has 0 aromatic heterocycles. The average molecular weight is 226 g/mol. The first-order valence-corrected chi connectivity index (χ1v) is 4.62. The third-order valence-corrected chi connectivity index (χ3v) is 2.08. The van der Waals surface area contributed by atoms with Gasteiger partial charge in [0.2, 0.25) is 0 Å². The Morgan fingerprint density at radius 1 is 1.25 bits per heavy atom. The molecule has 0 radical (unpaired) electrons. The van der Waals surface area contributed by atoms with E-state index in [0.29, 0.717) is 16.8 Å². The molecule has 1 rings (SSSR count). The summed E-state index contributed by atoms with van der Waals surface area (Å²) in [4.78, 5) is 0. The molecule has 1 atom stereocenters.